The van der Waals surface area contributed by atoms with Crippen molar-refractivity contribution >= 4 is 0 Å². The van der Waals surface area contributed by atoms with Crippen molar-refractivity contribution in [3.8, 4) is 0 Å². The summed E-state index contributed by atoms with van der Waals surface area (Å²) in [6.45, 7) is 3.31. The van der Waals surface area contributed by atoms with Crippen LogP contribution in [0.2, 0.25) is 0 Å². The van der Waals surface area contributed by atoms with Gasteiger partial charge in [-0.3, -0.25) is 0 Å². The van der Waals surface area contributed by atoms with Crippen molar-refractivity contribution in [3.05, 3.63) is 0 Å². The summed E-state index contributed by atoms with van der Waals surface area (Å²) < 4.78 is 5.80. The SMILES string of the molecule is CCC1CCCCC1(CN)OCCO. The Morgan fingerprint density at radius 2 is 2.29 bits per heavy atom. The van der Waals surface area contributed by atoms with Crippen molar-refractivity contribution in [1.82, 2.24) is 0 Å². The van der Waals surface area contributed by atoms with Gasteiger partial charge < -0.3 is 15.6 Å². The lowest BCUT2D eigenvalue weighted by Crippen LogP contribution is -2.49. The van der Waals surface area contributed by atoms with Crippen LogP contribution in [-0.4, -0.2) is 30.5 Å². The van der Waals surface area contributed by atoms with Gasteiger partial charge in [-0.25, -0.2) is 0 Å². The monoisotopic (exact) mass is 201 g/mol. The van der Waals surface area contributed by atoms with Crippen LogP contribution in [0.4, 0.5) is 0 Å². The van der Waals surface area contributed by atoms with Crippen molar-refractivity contribution in [2.45, 2.75) is 44.6 Å². The molecule has 1 aliphatic carbocycles. The van der Waals surface area contributed by atoms with E-state index in [1.165, 1.54) is 19.3 Å². The summed E-state index contributed by atoms with van der Waals surface area (Å²) in [4.78, 5) is 0. The Morgan fingerprint density at radius 3 is 2.86 bits per heavy atom. The number of aliphatic hydroxyl groups is 1. The van der Waals surface area contributed by atoms with Gasteiger partial charge in [-0.05, 0) is 18.8 Å². The maximum atomic E-state index is 8.80. The Morgan fingerprint density at radius 1 is 1.50 bits per heavy atom. The van der Waals surface area contributed by atoms with Crippen molar-refractivity contribution in [3.63, 3.8) is 0 Å². The van der Waals surface area contributed by atoms with E-state index in [2.05, 4.69) is 6.92 Å². The van der Waals surface area contributed by atoms with E-state index in [1.54, 1.807) is 0 Å². The van der Waals surface area contributed by atoms with Crippen LogP contribution in [0.5, 0.6) is 0 Å². The lowest BCUT2D eigenvalue weighted by molar-refractivity contribution is -0.110. The largest absolute Gasteiger partial charge is 0.394 e. The predicted molar refractivity (Wildman–Crippen MR) is 57.1 cm³/mol. The lowest BCUT2D eigenvalue weighted by Gasteiger charge is -2.43. The first-order chi connectivity index (χ1) is 6.79. The fraction of sp³-hybridized carbons (Fsp3) is 1.00. The highest BCUT2D eigenvalue weighted by molar-refractivity contribution is 4.92. The minimum absolute atomic E-state index is 0.0954. The molecule has 3 N–H and O–H groups in total. The van der Waals surface area contributed by atoms with Crippen LogP contribution < -0.4 is 5.73 Å². The van der Waals surface area contributed by atoms with Gasteiger partial charge in [-0.1, -0.05) is 26.2 Å². The van der Waals surface area contributed by atoms with Gasteiger partial charge in [0.2, 0.25) is 0 Å². The standard InChI is InChI=1S/C11H23NO2/c1-2-10-5-3-4-6-11(10,9-12)14-8-7-13/h10,13H,2-9,12H2,1H3. The molecule has 0 aromatic rings. The second kappa shape index (κ2) is 5.69. The molecule has 2 atom stereocenters. The summed E-state index contributed by atoms with van der Waals surface area (Å²) in [5, 5.41) is 8.80. The topological polar surface area (TPSA) is 55.5 Å². The maximum absolute atomic E-state index is 8.80. The molecule has 14 heavy (non-hydrogen) atoms. The van der Waals surface area contributed by atoms with Gasteiger partial charge in [0, 0.05) is 6.54 Å². The minimum Gasteiger partial charge on any atom is -0.394 e. The molecular formula is C11H23NO2. The Hall–Kier alpha value is -0.120. The van der Waals surface area contributed by atoms with Crippen LogP contribution in [-0.2, 0) is 4.74 Å². The van der Waals surface area contributed by atoms with Gasteiger partial charge in [-0.2, -0.15) is 0 Å². The molecule has 0 aromatic heterocycles. The van der Waals surface area contributed by atoms with Crippen LogP contribution in [0.15, 0.2) is 0 Å². The Labute approximate surface area is 86.6 Å². The number of ether oxygens (including phenoxy) is 1. The summed E-state index contributed by atoms with van der Waals surface area (Å²) in [5.74, 6) is 0.577. The maximum Gasteiger partial charge on any atom is 0.0833 e. The molecule has 0 aromatic carbocycles. The molecule has 3 heteroatoms. The number of nitrogens with two attached hydrogens (primary N) is 1. The van der Waals surface area contributed by atoms with Gasteiger partial charge in [0.1, 0.15) is 0 Å². The smallest absolute Gasteiger partial charge is 0.0833 e. The fourth-order valence-corrected chi connectivity index (χ4v) is 2.62. The molecule has 0 saturated heterocycles. The van der Waals surface area contributed by atoms with E-state index in [4.69, 9.17) is 15.6 Å². The normalized spacial score (nSPS) is 33.2. The van der Waals surface area contributed by atoms with Gasteiger partial charge in [-0.15, -0.1) is 0 Å². The molecule has 0 bridgehead atoms. The molecule has 2 unspecified atom stereocenters. The van der Waals surface area contributed by atoms with Crippen molar-refractivity contribution < 1.29 is 9.84 Å². The summed E-state index contributed by atoms with van der Waals surface area (Å²) in [6.07, 6.45) is 5.91. The number of hydrogen-bond acceptors (Lipinski definition) is 3. The molecular weight excluding hydrogens is 178 g/mol. The van der Waals surface area contributed by atoms with E-state index in [1.807, 2.05) is 0 Å². The summed E-state index contributed by atoms with van der Waals surface area (Å²) in [7, 11) is 0. The predicted octanol–water partition coefficient (Wildman–Crippen LogP) is 1.29. The van der Waals surface area contributed by atoms with E-state index in [0.717, 1.165) is 12.8 Å². The number of rotatable bonds is 5. The average molecular weight is 201 g/mol. The third-order valence-electron chi connectivity index (χ3n) is 3.47. The highest BCUT2D eigenvalue weighted by Crippen LogP contribution is 2.37. The van der Waals surface area contributed by atoms with Crippen molar-refractivity contribution in [2.24, 2.45) is 11.7 Å². The fourth-order valence-electron chi connectivity index (χ4n) is 2.62. The lowest BCUT2D eigenvalue weighted by atomic mass is 9.74. The van der Waals surface area contributed by atoms with E-state index in [0.29, 0.717) is 19.1 Å². The van der Waals surface area contributed by atoms with Crippen LogP contribution in [0.25, 0.3) is 0 Å². The molecule has 1 rings (SSSR count). The molecule has 1 saturated carbocycles. The summed E-state index contributed by atoms with van der Waals surface area (Å²) >= 11 is 0. The molecule has 0 spiro atoms. The third-order valence-corrected chi connectivity index (χ3v) is 3.47. The minimum atomic E-state index is -0.143. The van der Waals surface area contributed by atoms with E-state index < -0.39 is 0 Å². The van der Waals surface area contributed by atoms with Gasteiger partial charge in [0.15, 0.2) is 0 Å². The van der Waals surface area contributed by atoms with Crippen molar-refractivity contribution in [2.75, 3.05) is 19.8 Å². The molecule has 1 fully saturated rings. The zero-order valence-corrected chi connectivity index (χ0v) is 9.17. The first-order valence-electron chi connectivity index (χ1n) is 5.74. The molecule has 0 aliphatic heterocycles. The van der Waals surface area contributed by atoms with Crippen LogP contribution in [0.3, 0.4) is 0 Å². The quantitative estimate of drug-likeness (QED) is 0.705. The molecule has 0 amide bonds. The van der Waals surface area contributed by atoms with Crippen LogP contribution in [0.1, 0.15) is 39.0 Å². The zero-order valence-electron chi connectivity index (χ0n) is 9.17. The third kappa shape index (κ3) is 2.47. The molecule has 0 radical (unpaired) electrons. The van der Waals surface area contributed by atoms with E-state index in [-0.39, 0.29) is 12.2 Å². The van der Waals surface area contributed by atoms with E-state index in [9.17, 15) is 0 Å². The molecule has 1 aliphatic rings. The highest BCUT2D eigenvalue weighted by atomic mass is 16.5. The van der Waals surface area contributed by atoms with Crippen LogP contribution >= 0.6 is 0 Å². The molecule has 3 nitrogen and oxygen atoms in total. The van der Waals surface area contributed by atoms with E-state index >= 15 is 0 Å². The first kappa shape index (κ1) is 12.0. The second-order valence-electron chi connectivity index (χ2n) is 4.19. The first-order valence-corrected chi connectivity index (χ1v) is 5.74. The van der Waals surface area contributed by atoms with Crippen LogP contribution in [0, 0.1) is 5.92 Å². The molecule has 0 heterocycles. The van der Waals surface area contributed by atoms with Crippen molar-refractivity contribution in [1.29, 1.82) is 0 Å². The number of hydrogen-bond donors (Lipinski definition) is 2. The Bertz CT molecular complexity index is 163. The number of aliphatic hydroxyl groups excluding tert-OH is 1. The summed E-state index contributed by atoms with van der Waals surface area (Å²) in [5.41, 5.74) is 5.70. The second-order valence-corrected chi connectivity index (χ2v) is 4.19. The zero-order chi connectivity index (χ0) is 10.4. The Balaban J connectivity index is 2.60. The summed E-state index contributed by atoms with van der Waals surface area (Å²) in [6, 6.07) is 0. The van der Waals surface area contributed by atoms with Gasteiger partial charge in [0.05, 0.1) is 18.8 Å². The van der Waals surface area contributed by atoms with Gasteiger partial charge >= 0.3 is 0 Å². The average Bonchev–Trinajstić information content (AvgIpc) is 2.26. The van der Waals surface area contributed by atoms with Gasteiger partial charge in [0.25, 0.3) is 0 Å². The highest BCUT2D eigenvalue weighted by Gasteiger charge is 2.39. The molecule has 84 valence electrons. The Kier molecular flexibility index (Phi) is 4.85.